The number of nitrogens with one attached hydrogen (secondary N) is 1. The molecule has 3 nitrogen and oxygen atoms in total. The maximum Gasteiger partial charge on any atom is 0.143 e. The van der Waals surface area contributed by atoms with Gasteiger partial charge in [0.25, 0.3) is 0 Å². The fraction of sp³-hybridized carbons (Fsp3) is 0.600. The Morgan fingerprint density at radius 3 is 3.10 bits per heavy atom. The first-order valence-corrected chi connectivity index (χ1v) is 9.09. The maximum atomic E-state index is 4.90. The van der Waals surface area contributed by atoms with Gasteiger partial charge >= 0.3 is 0 Å². The quantitative estimate of drug-likeness (QED) is 0.909. The summed E-state index contributed by atoms with van der Waals surface area (Å²) in [7, 11) is 0. The molecule has 0 bridgehead atoms. The van der Waals surface area contributed by atoms with E-state index < -0.39 is 0 Å². The van der Waals surface area contributed by atoms with Crippen LogP contribution in [-0.4, -0.2) is 23.1 Å². The number of thiazole rings is 2. The smallest absolute Gasteiger partial charge is 0.143 e. The van der Waals surface area contributed by atoms with Gasteiger partial charge < -0.3 is 5.32 Å². The van der Waals surface area contributed by atoms with Crippen molar-refractivity contribution in [1.29, 1.82) is 0 Å². The van der Waals surface area contributed by atoms with Crippen molar-refractivity contribution < 1.29 is 0 Å². The lowest BCUT2D eigenvalue weighted by Gasteiger charge is -2.22. The molecule has 108 valence electrons. The number of aryl methyl sites for hydroxylation is 1. The second-order valence-electron chi connectivity index (χ2n) is 5.84. The van der Waals surface area contributed by atoms with Crippen LogP contribution in [0.15, 0.2) is 10.9 Å². The molecule has 0 spiro atoms. The van der Waals surface area contributed by atoms with Crippen LogP contribution in [0, 0.1) is 5.92 Å². The fourth-order valence-corrected chi connectivity index (χ4v) is 4.45. The van der Waals surface area contributed by atoms with Crippen LogP contribution < -0.4 is 5.32 Å². The molecule has 0 aromatic carbocycles. The molecule has 0 saturated carbocycles. The van der Waals surface area contributed by atoms with E-state index in [4.69, 9.17) is 4.98 Å². The van der Waals surface area contributed by atoms with Crippen molar-refractivity contribution >= 4 is 22.7 Å². The number of fused-ring (bicyclic) bond motifs is 1. The zero-order valence-electron chi connectivity index (χ0n) is 12.1. The molecule has 1 aliphatic carbocycles. The highest BCUT2D eigenvalue weighted by Gasteiger charge is 2.25. The van der Waals surface area contributed by atoms with Gasteiger partial charge in [0.1, 0.15) is 10.7 Å². The van der Waals surface area contributed by atoms with Crippen LogP contribution >= 0.6 is 22.7 Å². The second kappa shape index (κ2) is 6.33. The molecule has 0 saturated heterocycles. The Morgan fingerprint density at radius 1 is 1.45 bits per heavy atom. The Balaban J connectivity index is 1.75. The van der Waals surface area contributed by atoms with Crippen molar-refractivity contribution in [1.82, 2.24) is 15.3 Å². The third-order valence-electron chi connectivity index (χ3n) is 3.67. The number of hydrogen-bond acceptors (Lipinski definition) is 5. The minimum Gasteiger partial charge on any atom is -0.316 e. The summed E-state index contributed by atoms with van der Waals surface area (Å²) >= 11 is 3.48. The van der Waals surface area contributed by atoms with Gasteiger partial charge in [0.2, 0.25) is 0 Å². The Bertz CT molecular complexity index is 545. The van der Waals surface area contributed by atoms with Crippen LogP contribution in [0.2, 0.25) is 0 Å². The van der Waals surface area contributed by atoms with Crippen molar-refractivity contribution in [2.45, 2.75) is 39.0 Å². The zero-order chi connectivity index (χ0) is 13.9. The van der Waals surface area contributed by atoms with Gasteiger partial charge in [0.15, 0.2) is 0 Å². The fourth-order valence-electron chi connectivity index (χ4n) is 2.68. The van der Waals surface area contributed by atoms with Crippen molar-refractivity contribution in [3.63, 3.8) is 0 Å². The van der Waals surface area contributed by atoms with Crippen LogP contribution in [-0.2, 0) is 6.42 Å². The van der Waals surface area contributed by atoms with Crippen molar-refractivity contribution in [3.05, 3.63) is 21.5 Å². The molecule has 20 heavy (non-hydrogen) atoms. The zero-order valence-corrected chi connectivity index (χ0v) is 13.7. The van der Waals surface area contributed by atoms with Crippen LogP contribution in [0.25, 0.3) is 10.7 Å². The van der Waals surface area contributed by atoms with E-state index in [2.05, 4.69) is 29.5 Å². The molecule has 2 aromatic heterocycles. The predicted molar refractivity (Wildman–Crippen MR) is 86.6 cm³/mol. The predicted octanol–water partition coefficient (Wildman–Crippen LogP) is 3.93. The molecular weight excluding hydrogens is 286 g/mol. The van der Waals surface area contributed by atoms with E-state index in [1.807, 2.05) is 16.8 Å². The minimum absolute atomic E-state index is 0.584. The highest BCUT2D eigenvalue weighted by molar-refractivity contribution is 7.15. The van der Waals surface area contributed by atoms with Crippen LogP contribution in [0.1, 0.15) is 43.2 Å². The Kier molecular flexibility index (Phi) is 4.48. The molecule has 1 aliphatic rings. The summed E-state index contributed by atoms with van der Waals surface area (Å²) in [5, 5.41) is 6.79. The van der Waals surface area contributed by atoms with Gasteiger partial charge in [-0.3, -0.25) is 0 Å². The lowest BCUT2D eigenvalue weighted by Crippen LogP contribution is -2.27. The maximum absolute atomic E-state index is 4.90. The largest absolute Gasteiger partial charge is 0.316 e. The number of hydrogen-bond donors (Lipinski definition) is 1. The number of aromatic nitrogens is 2. The molecule has 0 fully saturated rings. The van der Waals surface area contributed by atoms with Crippen molar-refractivity contribution in [2.75, 3.05) is 13.1 Å². The molecule has 2 aromatic rings. The first-order valence-electron chi connectivity index (χ1n) is 7.33. The molecule has 5 heteroatoms. The molecule has 0 radical (unpaired) electrons. The molecule has 0 aliphatic heterocycles. The average molecular weight is 307 g/mol. The summed E-state index contributed by atoms with van der Waals surface area (Å²) in [5.74, 6) is 1.29. The van der Waals surface area contributed by atoms with Gasteiger partial charge in [-0.25, -0.2) is 9.97 Å². The summed E-state index contributed by atoms with van der Waals surface area (Å²) in [6, 6.07) is 0. The highest BCUT2D eigenvalue weighted by Crippen LogP contribution is 2.37. The summed E-state index contributed by atoms with van der Waals surface area (Å²) in [6.07, 6.45) is 3.75. The minimum atomic E-state index is 0.584. The average Bonchev–Trinajstić information content (AvgIpc) is 3.07. The summed E-state index contributed by atoms with van der Waals surface area (Å²) in [5.41, 5.74) is 4.26. The van der Waals surface area contributed by atoms with Crippen LogP contribution in [0.4, 0.5) is 0 Å². The van der Waals surface area contributed by atoms with Gasteiger partial charge in [-0.05, 0) is 31.7 Å². The number of rotatable bonds is 5. The third-order valence-corrected chi connectivity index (χ3v) is 5.41. The monoisotopic (exact) mass is 307 g/mol. The van der Waals surface area contributed by atoms with Gasteiger partial charge in [-0.1, -0.05) is 13.8 Å². The van der Waals surface area contributed by atoms with E-state index in [0.29, 0.717) is 11.8 Å². The normalized spacial score (nSPS) is 18.4. The van der Waals surface area contributed by atoms with Crippen molar-refractivity contribution in [3.8, 4) is 10.7 Å². The molecule has 1 atom stereocenters. The van der Waals surface area contributed by atoms with E-state index in [-0.39, 0.29) is 0 Å². The van der Waals surface area contributed by atoms with E-state index in [1.165, 1.54) is 29.8 Å². The van der Waals surface area contributed by atoms with Gasteiger partial charge in [0.05, 0.1) is 11.2 Å². The van der Waals surface area contributed by atoms with Gasteiger partial charge in [0, 0.05) is 22.7 Å². The molecule has 0 amide bonds. The first-order chi connectivity index (χ1) is 9.74. The second-order valence-corrected chi connectivity index (χ2v) is 7.64. The molecular formula is C15H21N3S2. The topological polar surface area (TPSA) is 37.8 Å². The lowest BCUT2D eigenvalue weighted by atomic mass is 9.91. The van der Waals surface area contributed by atoms with Gasteiger partial charge in [-0.2, -0.15) is 0 Å². The molecule has 2 heterocycles. The van der Waals surface area contributed by atoms with Crippen LogP contribution in [0.5, 0.6) is 0 Å². The Hall–Kier alpha value is -0.780. The van der Waals surface area contributed by atoms with E-state index in [0.717, 1.165) is 23.8 Å². The van der Waals surface area contributed by atoms with Crippen molar-refractivity contribution in [2.24, 2.45) is 5.92 Å². The Labute approximate surface area is 128 Å². The Morgan fingerprint density at radius 2 is 2.35 bits per heavy atom. The number of nitrogens with zero attached hydrogens (tertiary/aromatic N) is 2. The van der Waals surface area contributed by atoms with E-state index in [1.54, 1.807) is 11.3 Å². The van der Waals surface area contributed by atoms with Gasteiger partial charge in [-0.15, -0.1) is 22.7 Å². The summed E-state index contributed by atoms with van der Waals surface area (Å²) in [6.45, 7) is 6.66. The SMILES string of the molecule is CC(C)CNCC1CCCc2sc(-c3cscn3)nc21. The van der Waals surface area contributed by atoms with Crippen LogP contribution in [0.3, 0.4) is 0 Å². The van der Waals surface area contributed by atoms with E-state index in [9.17, 15) is 0 Å². The molecule has 1 N–H and O–H groups in total. The summed E-state index contributed by atoms with van der Waals surface area (Å²) in [4.78, 5) is 10.8. The first kappa shape index (κ1) is 14.2. The third kappa shape index (κ3) is 3.10. The highest BCUT2D eigenvalue weighted by atomic mass is 32.1. The summed E-state index contributed by atoms with van der Waals surface area (Å²) < 4.78 is 0. The molecule has 1 unspecified atom stereocenters. The lowest BCUT2D eigenvalue weighted by molar-refractivity contribution is 0.473. The standard InChI is InChI=1S/C15H21N3S2/c1-10(2)6-16-7-11-4-3-5-13-14(11)18-15(20-13)12-8-19-9-17-12/h8-11,16H,3-7H2,1-2H3. The van der Waals surface area contributed by atoms with E-state index >= 15 is 0 Å². The molecule has 3 rings (SSSR count).